The van der Waals surface area contributed by atoms with Gasteiger partial charge in [0.25, 0.3) is 5.91 Å². The highest BCUT2D eigenvalue weighted by atomic mass is 125. The average Bonchev–Trinajstić information content (AvgIpc) is 2.73. The quantitative estimate of drug-likeness (QED) is 0.301. The summed E-state index contributed by atoms with van der Waals surface area (Å²) in [5.41, 5.74) is 6.70. The Morgan fingerprint density at radius 3 is 2.58 bits per heavy atom. The molecular weight excluding hydrogens is 510 g/mol. The molecule has 3 N–H and O–H groups in total. The Bertz CT molecular complexity index is 900. The molecule has 168 valence electrons. The molecule has 0 aromatic heterocycles. The molecule has 1 amide bonds. The molecule has 1 saturated heterocycles. The summed E-state index contributed by atoms with van der Waals surface area (Å²) in [5, 5.41) is 3.21. The van der Waals surface area contributed by atoms with E-state index >= 15 is 0 Å². The summed E-state index contributed by atoms with van der Waals surface area (Å²) in [6.07, 6.45) is 2.62. The van der Waals surface area contributed by atoms with E-state index < -0.39 is 0 Å². The molecule has 31 heavy (non-hydrogen) atoms. The first-order valence-corrected chi connectivity index (χ1v) is 11.4. The molecule has 0 unspecified atom stereocenters. The van der Waals surface area contributed by atoms with Gasteiger partial charge in [-0.3, -0.25) is 4.79 Å². The van der Waals surface area contributed by atoms with Crippen LogP contribution in [0, 0.1) is 9.39 Å². The van der Waals surface area contributed by atoms with Crippen molar-refractivity contribution in [1.29, 1.82) is 0 Å². The van der Waals surface area contributed by atoms with Crippen LogP contribution in [0.1, 0.15) is 36.5 Å². The maximum absolute atomic E-state index is 13.0. The van der Waals surface area contributed by atoms with Gasteiger partial charge in [0.1, 0.15) is 17.3 Å². The summed E-state index contributed by atoms with van der Waals surface area (Å²) in [5.74, 6) is 0.775. The predicted octanol–water partition coefficient (Wildman–Crippen LogP) is 4.07. The number of ether oxygens (including phenoxy) is 2. The number of rotatable bonds is 8. The second kappa shape index (κ2) is 10.5. The number of nitrogens with zero attached hydrogens (tertiary/aromatic N) is 1. The van der Waals surface area contributed by atoms with Crippen molar-refractivity contribution in [2.75, 3.05) is 39.1 Å². The highest BCUT2D eigenvalue weighted by Gasteiger charge is 2.32. The number of halogens is 2. The zero-order valence-corrected chi connectivity index (χ0v) is 20.1. The highest BCUT2D eigenvalue weighted by molar-refractivity contribution is 14.1. The van der Waals surface area contributed by atoms with Crippen LogP contribution in [0.3, 0.4) is 0 Å². The van der Waals surface area contributed by atoms with E-state index in [0.717, 1.165) is 42.5 Å². The molecule has 1 fully saturated rings. The molecule has 1 aliphatic rings. The Hall–Kier alpha value is -2.07. The number of carbonyl (C=O) groups excluding carboxylic acids is 1. The number of amides is 1. The number of likely N-dealkylation sites (tertiary alicyclic amines) is 1. The zero-order valence-electron chi connectivity index (χ0n) is 17.9. The van der Waals surface area contributed by atoms with E-state index in [1.165, 1.54) is 12.1 Å². The number of benzene rings is 2. The number of piperidine rings is 1. The van der Waals surface area contributed by atoms with Crippen LogP contribution in [0.25, 0.3) is 0 Å². The maximum Gasteiger partial charge on any atom is 0.256 e. The summed E-state index contributed by atoms with van der Waals surface area (Å²) in [6.45, 7) is 5.42. The Kier molecular flexibility index (Phi) is 7.99. The first-order valence-electron chi connectivity index (χ1n) is 10.4. The van der Waals surface area contributed by atoms with E-state index in [9.17, 15) is 9.18 Å². The molecule has 0 radical (unpaired) electrons. The number of carbonyl (C=O) groups is 1. The second-order valence-electron chi connectivity index (χ2n) is 8.09. The average molecular weight is 539 g/mol. The van der Waals surface area contributed by atoms with Crippen LogP contribution in [0.5, 0.6) is 11.5 Å². The lowest BCUT2D eigenvalue weighted by atomic mass is 9.89. The highest BCUT2D eigenvalue weighted by Crippen LogP contribution is 2.29. The van der Waals surface area contributed by atoms with Crippen LogP contribution in [0.4, 0.5) is 10.1 Å². The Balaban J connectivity index is 1.46. The van der Waals surface area contributed by atoms with Crippen LogP contribution in [-0.2, 0) is 0 Å². The molecule has 3 rings (SSSR count). The molecule has 2 aromatic rings. The number of nitrogens with two attached hydrogens (primary N) is 1. The van der Waals surface area contributed by atoms with E-state index in [1.807, 2.05) is 0 Å². The lowest BCUT2D eigenvalue weighted by Crippen LogP contribution is -2.53. The molecule has 0 atom stereocenters. The van der Waals surface area contributed by atoms with E-state index in [1.54, 1.807) is 31.4 Å². The van der Waals surface area contributed by atoms with Gasteiger partial charge in [-0.15, -0.1) is 0 Å². The Morgan fingerprint density at radius 2 is 1.94 bits per heavy atom. The van der Waals surface area contributed by atoms with Crippen LogP contribution < -0.4 is 20.5 Å². The number of nitrogens with one attached hydrogen (secondary N) is 1. The fourth-order valence-corrected chi connectivity index (χ4v) is 4.59. The fraction of sp³-hybridized carbons (Fsp3) is 0.435. The van der Waals surface area contributed by atoms with Gasteiger partial charge in [-0.25, -0.2) is 4.39 Å². The summed E-state index contributed by atoms with van der Waals surface area (Å²) in [7, 11) is 1.54. The summed E-state index contributed by atoms with van der Waals surface area (Å²) < 4.78 is 24.7. The lowest BCUT2D eigenvalue weighted by Gasteiger charge is -2.40. The van der Waals surface area contributed by atoms with E-state index in [2.05, 4.69) is 39.7 Å². The van der Waals surface area contributed by atoms with Gasteiger partial charge in [0.05, 0.1) is 19.3 Å². The monoisotopic (exact) mass is 539 g/mol. The summed E-state index contributed by atoms with van der Waals surface area (Å²) in [6, 6.07) is 9.53. The van der Waals surface area contributed by atoms with Crippen molar-refractivity contribution >= 4 is 34.2 Å². The topological polar surface area (TPSA) is 76.8 Å². The van der Waals surface area contributed by atoms with Crippen molar-refractivity contribution < 1.29 is 18.7 Å². The molecule has 0 bridgehead atoms. The van der Waals surface area contributed by atoms with E-state index in [4.69, 9.17) is 15.2 Å². The third kappa shape index (κ3) is 6.46. The minimum Gasteiger partial charge on any atom is -0.496 e. The van der Waals surface area contributed by atoms with Gasteiger partial charge in [0, 0.05) is 40.5 Å². The van der Waals surface area contributed by atoms with Crippen molar-refractivity contribution in [1.82, 2.24) is 10.2 Å². The molecular formula is C23H29FIN3O3. The van der Waals surface area contributed by atoms with Crippen molar-refractivity contribution in [3.63, 3.8) is 0 Å². The fourth-order valence-electron chi connectivity index (χ4n) is 3.72. The summed E-state index contributed by atoms with van der Waals surface area (Å²) in [4.78, 5) is 15.4. The normalized spacial score (nSPS) is 16.0. The Labute approximate surface area is 196 Å². The van der Waals surface area contributed by atoms with Gasteiger partial charge in [-0.1, -0.05) is 0 Å². The third-order valence-electron chi connectivity index (χ3n) is 5.60. The number of methoxy groups -OCH3 is 1. The molecule has 0 spiro atoms. The van der Waals surface area contributed by atoms with E-state index in [0.29, 0.717) is 29.4 Å². The summed E-state index contributed by atoms with van der Waals surface area (Å²) >= 11 is 2.12. The maximum atomic E-state index is 13.0. The van der Waals surface area contributed by atoms with Crippen LogP contribution in [0.15, 0.2) is 36.4 Å². The van der Waals surface area contributed by atoms with Gasteiger partial charge in [-0.2, -0.15) is 0 Å². The minimum atomic E-state index is -0.270. The van der Waals surface area contributed by atoms with Crippen LogP contribution in [-0.4, -0.2) is 49.7 Å². The molecule has 2 aromatic carbocycles. The molecule has 1 aliphatic heterocycles. The molecule has 6 nitrogen and oxygen atoms in total. The number of hydrogen-bond donors (Lipinski definition) is 2. The van der Waals surface area contributed by atoms with Gasteiger partial charge >= 0.3 is 0 Å². The standard InChI is InChI=1S/C23H29FIN3O3/c1-23(27-22(29)21-19(25)14-17(26)15-20(21)30-2)8-11-28(12-9-23)10-3-13-31-18-6-4-16(24)5-7-18/h4-7,14-15H,3,8-13,26H2,1-2H3,(H,27,29)/i25-2. The molecule has 8 heteroatoms. The first-order chi connectivity index (χ1) is 14.8. The molecule has 0 aliphatic carbocycles. The number of hydrogen-bond acceptors (Lipinski definition) is 5. The number of anilines is 1. The lowest BCUT2D eigenvalue weighted by molar-refractivity contribution is 0.0826. The van der Waals surface area contributed by atoms with Gasteiger partial charge in [-0.05, 0) is 79.1 Å². The van der Waals surface area contributed by atoms with Crippen molar-refractivity contribution in [2.24, 2.45) is 0 Å². The number of nitrogen functional groups attached to an aromatic ring is 1. The van der Waals surface area contributed by atoms with E-state index in [-0.39, 0.29) is 17.3 Å². The van der Waals surface area contributed by atoms with Crippen molar-refractivity contribution in [2.45, 2.75) is 31.7 Å². The van der Waals surface area contributed by atoms with Crippen molar-refractivity contribution in [3.05, 3.63) is 51.3 Å². The van der Waals surface area contributed by atoms with Crippen molar-refractivity contribution in [3.8, 4) is 11.5 Å². The smallest absolute Gasteiger partial charge is 0.256 e. The van der Waals surface area contributed by atoms with Gasteiger partial charge in [0.2, 0.25) is 0 Å². The molecule has 1 heterocycles. The van der Waals surface area contributed by atoms with Crippen LogP contribution >= 0.6 is 22.6 Å². The zero-order chi connectivity index (χ0) is 22.4. The van der Waals surface area contributed by atoms with Gasteiger partial charge < -0.3 is 25.4 Å². The van der Waals surface area contributed by atoms with Gasteiger partial charge in [0.15, 0.2) is 0 Å². The molecule has 0 saturated carbocycles. The minimum absolute atomic E-state index is 0.134. The largest absolute Gasteiger partial charge is 0.496 e. The third-order valence-corrected chi connectivity index (χ3v) is 6.45. The SMILES string of the molecule is COc1cc(N)cc([125I])c1C(=O)NC1(C)CCN(CCCOc2ccc(F)cc2)CC1. The van der Waals surface area contributed by atoms with Crippen LogP contribution in [0.2, 0.25) is 0 Å². The first kappa shape index (κ1) is 23.6. The predicted molar refractivity (Wildman–Crippen MR) is 128 cm³/mol. The Morgan fingerprint density at radius 1 is 1.26 bits per heavy atom. The second-order valence-corrected chi connectivity index (χ2v) is 9.25.